The van der Waals surface area contributed by atoms with E-state index in [4.69, 9.17) is 9.15 Å². The van der Waals surface area contributed by atoms with Gasteiger partial charge in [-0.3, -0.25) is 4.79 Å². The first kappa shape index (κ1) is 17.2. The molecule has 25 heavy (non-hydrogen) atoms. The lowest BCUT2D eigenvalue weighted by atomic mass is 10.2. The molecular weight excluding hydrogens is 338 g/mol. The zero-order chi connectivity index (χ0) is 18.0. The molecular formula is C19H19NO4S. The molecule has 1 N–H and O–H groups in total. The minimum absolute atomic E-state index is 0.316. The second-order valence-corrected chi connectivity index (χ2v) is 7.34. The van der Waals surface area contributed by atoms with Crippen LogP contribution in [0.1, 0.15) is 38.8 Å². The number of ether oxygens (including phenoxy) is 1. The van der Waals surface area contributed by atoms with E-state index in [-0.39, 0.29) is 18.6 Å². The van der Waals surface area contributed by atoms with Gasteiger partial charge in [0.25, 0.3) is 5.91 Å². The third-order valence-corrected chi connectivity index (χ3v) is 4.81. The van der Waals surface area contributed by atoms with Crippen LogP contribution in [0.15, 0.2) is 40.8 Å². The molecule has 1 atom stereocenters. The summed E-state index contributed by atoms with van der Waals surface area (Å²) < 4.78 is 10.8. The highest BCUT2D eigenvalue weighted by molar-refractivity contribution is 7.12. The molecule has 0 saturated carbocycles. The van der Waals surface area contributed by atoms with E-state index in [0.29, 0.717) is 11.3 Å². The minimum Gasteiger partial charge on any atom is -0.459 e. The Morgan fingerprint density at radius 2 is 2.00 bits per heavy atom. The first-order valence-corrected chi connectivity index (χ1v) is 8.77. The molecule has 2 heterocycles. The highest BCUT2D eigenvalue weighted by Gasteiger charge is 2.17. The standard InChI is InChI=1S/C19H19NO4S/c1-11-8-15(13(3)25-11)19(22)23-10-18(21)20-12(2)17-9-14-6-4-5-7-16(14)24-17/h4-9,12H,10H2,1-3H3,(H,20,21)/t12-/m0/s1. The van der Waals surface area contributed by atoms with Crippen molar-refractivity contribution in [1.82, 2.24) is 5.32 Å². The lowest BCUT2D eigenvalue weighted by molar-refractivity contribution is -0.125. The van der Waals surface area contributed by atoms with Crippen LogP contribution in [0.4, 0.5) is 0 Å². The molecule has 0 unspecified atom stereocenters. The van der Waals surface area contributed by atoms with Gasteiger partial charge in [0.05, 0.1) is 11.6 Å². The number of hydrogen-bond donors (Lipinski definition) is 1. The Kier molecular flexibility index (Phi) is 4.90. The van der Waals surface area contributed by atoms with E-state index in [9.17, 15) is 9.59 Å². The second-order valence-electron chi connectivity index (χ2n) is 5.88. The van der Waals surface area contributed by atoms with E-state index in [1.54, 1.807) is 6.07 Å². The van der Waals surface area contributed by atoms with Crippen molar-refractivity contribution in [2.45, 2.75) is 26.8 Å². The number of carbonyl (C=O) groups excluding carboxylic acids is 2. The van der Waals surface area contributed by atoms with E-state index in [2.05, 4.69) is 5.32 Å². The second kappa shape index (κ2) is 7.11. The lowest BCUT2D eigenvalue weighted by Gasteiger charge is -2.11. The summed E-state index contributed by atoms with van der Waals surface area (Å²) in [5.74, 6) is -0.190. The van der Waals surface area contributed by atoms with Crippen LogP contribution in [-0.4, -0.2) is 18.5 Å². The van der Waals surface area contributed by atoms with Crippen LogP contribution in [0.3, 0.4) is 0 Å². The molecule has 2 aromatic heterocycles. The number of rotatable bonds is 5. The van der Waals surface area contributed by atoms with Crippen LogP contribution in [0.25, 0.3) is 11.0 Å². The average Bonchev–Trinajstić information content (AvgIpc) is 3.15. The Hall–Kier alpha value is -2.60. The van der Waals surface area contributed by atoms with E-state index in [0.717, 1.165) is 20.7 Å². The molecule has 0 radical (unpaired) electrons. The summed E-state index contributed by atoms with van der Waals surface area (Å²) in [5.41, 5.74) is 1.29. The van der Waals surface area contributed by atoms with Crippen molar-refractivity contribution in [3.05, 3.63) is 57.5 Å². The maximum absolute atomic E-state index is 12.0. The summed E-state index contributed by atoms with van der Waals surface area (Å²) in [6.07, 6.45) is 0. The summed E-state index contributed by atoms with van der Waals surface area (Å²) in [5, 5.41) is 3.76. The highest BCUT2D eigenvalue weighted by Crippen LogP contribution is 2.24. The summed E-state index contributed by atoms with van der Waals surface area (Å²) in [6, 6.07) is 11.0. The van der Waals surface area contributed by atoms with Crippen molar-refractivity contribution in [3.8, 4) is 0 Å². The first-order chi connectivity index (χ1) is 11.9. The molecule has 3 aromatic rings. The number of aryl methyl sites for hydroxylation is 2. The summed E-state index contributed by atoms with van der Waals surface area (Å²) in [4.78, 5) is 26.0. The van der Waals surface area contributed by atoms with Gasteiger partial charge in [0, 0.05) is 15.1 Å². The Morgan fingerprint density at radius 1 is 1.24 bits per heavy atom. The monoisotopic (exact) mass is 357 g/mol. The van der Waals surface area contributed by atoms with Crippen LogP contribution in [0.5, 0.6) is 0 Å². The minimum atomic E-state index is -0.478. The third kappa shape index (κ3) is 3.91. The molecule has 5 nitrogen and oxygen atoms in total. The average molecular weight is 357 g/mol. The number of carbonyl (C=O) groups is 2. The molecule has 3 rings (SSSR count). The van der Waals surface area contributed by atoms with Crippen LogP contribution in [-0.2, 0) is 9.53 Å². The fourth-order valence-electron chi connectivity index (χ4n) is 2.61. The van der Waals surface area contributed by atoms with E-state index in [1.807, 2.05) is 51.1 Å². The largest absolute Gasteiger partial charge is 0.459 e. The van der Waals surface area contributed by atoms with Crippen LogP contribution in [0, 0.1) is 13.8 Å². The van der Waals surface area contributed by atoms with Gasteiger partial charge in [-0.2, -0.15) is 0 Å². The first-order valence-electron chi connectivity index (χ1n) is 7.96. The number of amides is 1. The fraction of sp³-hybridized carbons (Fsp3) is 0.263. The molecule has 130 valence electrons. The van der Waals surface area contributed by atoms with Crippen LogP contribution < -0.4 is 5.32 Å². The SMILES string of the molecule is Cc1cc(C(=O)OCC(=O)N[C@@H](C)c2cc3ccccc3o2)c(C)s1. The summed E-state index contributed by atoms with van der Waals surface area (Å²) in [7, 11) is 0. The van der Waals surface area contributed by atoms with Gasteiger partial charge in [0.1, 0.15) is 11.3 Å². The molecule has 0 spiro atoms. The Labute approximate surface area is 149 Å². The molecule has 0 aliphatic carbocycles. The highest BCUT2D eigenvalue weighted by atomic mass is 32.1. The number of hydrogen-bond acceptors (Lipinski definition) is 5. The molecule has 1 amide bonds. The Bertz CT molecular complexity index is 892. The van der Waals surface area contributed by atoms with E-state index >= 15 is 0 Å². The number of nitrogens with one attached hydrogen (secondary N) is 1. The molecule has 0 fully saturated rings. The normalized spacial score (nSPS) is 12.1. The van der Waals surface area contributed by atoms with Gasteiger partial charge in [-0.25, -0.2) is 4.79 Å². The maximum atomic E-state index is 12.0. The number of esters is 1. The van der Waals surface area contributed by atoms with Gasteiger partial charge in [0.15, 0.2) is 6.61 Å². The number of furan rings is 1. The van der Waals surface area contributed by atoms with Crippen molar-refractivity contribution in [2.75, 3.05) is 6.61 Å². The molecule has 0 saturated heterocycles. The van der Waals surface area contributed by atoms with Crippen molar-refractivity contribution in [3.63, 3.8) is 0 Å². The molecule has 0 bridgehead atoms. The van der Waals surface area contributed by atoms with Gasteiger partial charge >= 0.3 is 5.97 Å². The predicted molar refractivity (Wildman–Crippen MR) is 96.8 cm³/mol. The molecule has 1 aromatic carbocycles. The zero-order valence-electron chi connectivity index (χ0n) is 14.3. The number of para-hydroxylation sites is 1. The number of thiophene rings is 1. The molecule has 6 heteroatoms. The van der Waals surface area contributed by atoms with Gasteiger partial charge in [-0.15, -0.1) is 11.3 Å². The number of fused-ring (bicyclic) bond motifs is 1. The van der Waals surface area contributed by atoms with Gasteiger partial charge in [-0.05, 0) is 39.0 Å². The smallest absolute Gasteiger partial charge is 0.339 e. The summed E-state index contributed by atoms with van der Waals surface area (Å²) >= 11 is 1.53. The Balaban J connectivity index is 1.56. The van der Waals surface area contributed by atoms with Gasteiger partial charge in [0.2, 0.25) is 0 Å². The Morgan fingerprint density at radius 3 is 2.68 bits per heavy atom. The molecule has 0 aliphatic rings. The van der Waals surface area contributed by atoms with Gasteiger partial charge < -0.3 is 14.5 Å². The summed E-state index contributed by atoms with van der Waals surface area (Å²) in [6.45, 7) is 5.29. The quantitative estimate of drug-likeness (QED) is 0.697. The van der Waals surface area contributed by atoms with E-state index < -0.39 is 5.97 Å². The van der Waals surface area contributed by atoms with Gasteiger partial charge in [-0.1, -0.05) is 18.2 Å². The van der Waals surface area contributed by atoms with Crippen molar-refractivity contribution >= 4 is 34.2 Å². The van der Waals surface area contributed by atoms with Crippen molar-refractivity contribution in [1.29, 1.82) is 0 Å². The predicted octanol–water partition coefficient (Wildman–Crippen LogP) is 4.15. The van der Waals surface area contributed by atoms with Crippen molar-refractivity contribution < 1.29 is 18.7 Å². The zero-order valence-corrected chi connectivity index (χ0v) is 15.1. The third-order valence-electron chi connectivity index (χ3n) is 3.84. The van der Waals surface area contributed by atoms with Crippen LogP contribution >= 0.6 is 11.3 Å². The van der Waals surface area contributed by atoms with Crippen molar-refractivity contribution in [2.24, 2.45) is 0 Å². The number of benzene rings is 1. The fourth-order valence-corrected chi connectivity index (χ4v) is 3.52. The van der Waals surface area contributed by atoms with E-state index in [1.165, 1.54) is 11.3 Å². The molecule has 0 aliphatic heterocycles. The lowest BCUT2D eigenvalue weighted by Crippen LogP contribution is -2.31. The maximum Gasteiger partial charge on any atom is 0.339 e. The topological polar surface area (TPSA) is 68.5 Å². The van der Waals surface area contributed by atoms with Crippen LogP contribution in [0.2, 0.25) is 0 Å².